The summed E-state index contributed by atoms with van der Waals surface area (Å²) in [6.07, 6.45) is 1.54. The lowest BCUT2D eigenvalue weighted by Crippen LogP contribution is -2.50. The number of likely N-dealkylation sites (tertiary alicyclic amines) is 1. The summed E-state index contributed by atoms with van der Waals surface area (Å²) < 4.78 is 4.74. The maximum atomic E-state index is 11.6. The van der Waals surface area contributed by atoms with E-state index in [1.165, 1.54) is 7.11 Å². The number of nitrogens with zero attached hydrogens (tertiary/aromatic N) is 1. The summed E-state index contributed by atoms with van der Waals surface area (Å²) in [4.78, 5) is 24.7. The molecule has 1 atom stereocenters. The van der Waals surface area contributed by atoms with Crippen molar-refractivity contribution in [1.82, 2.24) is 10.2 Å². The predicted octanol–water partition coefficient (Wildman–Crippen LogP) is -0.913. The van der Waals surface area contributed by atoms with Crippen LogP contribution in [0.3, 0.4) is 0 Å². The van der Waals surface area contributed by atoms with Gasteiger partial charge in [0.25, 0.3) is 0 Å². The third-order valence-corrected chi connectivity index (χ3v) is 2.84. The lowest BCUT2D eigenvalue weighted by atomic mass is 10.0. The lowest BCUT2D eigenvalue weighted by molar-refractivity contribution is -0.133. The van der Waals surface area contributed by atoms with E-state index >= 15 is 0 Å². The zero-order valence-corrected chi connectivity index (χ0v) is 10.4. The molecule has 0 aromatic rings. The second kappa shape index (κ2) is 6.56. The van der Waals surface area contributed by atoms with E-state index in [2.05, 4.69) is 5.32 Å². The van der Waals surface area contributed by atoms with Crippen molar-refractivity contribution in [2.45, 2.75) is 31.8 Å². The molecule has 1 fully saturated rings. The highest BCUT2D eigenvalue weighted by Crippen LogP contribution is 2.11. The monoisotopic (exact) mass is 243 g/mol. The van der Waals surface area contributed by atoms with E-state index in [1.807, 2.05) is 0 Å². The molecule has 0 aliphatic carbocycles. The van der Waals surface area contributed by atoms with Crippen molar-refractivity contribution < 1.29 is 14.3 Å². The van der Waals surface area contributed by atoms with Gasteiger partial charge in [0.05, 0.1) is 6.04 Å². The maximum absolute atomic E-state index is 11.6. The van der Waals surface area contributed by atoms with Crippen molar-refractivity contribution in [2.75, 3.05) is 26.8 Å². The second-order valence-electron chi connectivity index (χ2n) is 4.39. The third-order valence-electron chi connectivity index (χ3n) is 2.84. The van der Waals surface area contributed by atoms with E-state index in [1.54, 1.807) is 11.8 Å². The van der Waals surface area contributed by atoms with Gasteiger partial charge in [-0.25, -0.2) is 0 Å². The number of methoxy groups -OCH3 is 1. The summed E-state index contributed by atoms with van der Waals surface area (Å²) in [7, 11) is 1.49. The minimum Gasteiger partial charge on any atom is -0.375 e. The van der Waals surface area contributed by atoms with E-state index in [0.29, 0.717) is 13.1 Å². The van der Waals surface area contributed by atoms with Crippen LogP contribution in [0.5, 0.6) is 0 Å². The second-order valence-corrected chi connectivity index (χ2v) is 4.39. The van der Waals surface area contributed by atoms with Gasteiger partial charge in [0.2, 0.25) is 11.8 Å². The first-order valence-electron chi connectivity index (χ1n) is 5.87. The Morgan fingerprint density at radius 1 is 1.47 bits per heavy atom. The van der Waals surface area contributed by atoms with Gasteiger partial charge in [0.15, 0.2) is 0 Å². The molecule has 6 nitrogen and oxygen atoms in total. The van der Waals surface area contributed by atoms with Crippen molar-refractivity contribution in [3.8, 4) is 0 Å². The first-order valence-corrected chi connectivity index (χ1v) is 5.87. The van der Waals surface area contributed by atoms with Crippen LogP contribution in [0.2, 0.25) is 0 Å². The maximum Gasteiger partial charge on any atom is 0.246 e. The highest BCUT2D eigenvalue weighted by molar-refractivity contribution is 5.81. The summed E-state index contributed by atoms with van der Waals surface area (Å²) in [5, 5.41) is 2.88. The molecule has 0 aromatic heterocycles. The van der Waals surface area contributed by atoms with Crippen LogP contribution in [0.4, 0.5) is 0 Å². The lowest BCUT2D eigenvalue weighted by Gasteiger charge is -2.33. The molecule has 1 rings (SSSR count). The van der Waals surface area contributed by atoms with E-state index in [4.69, 9.17) is 10.5 Å². The molecule has 1 aliphatic rings. The average Bonchev–Trinajstić information content (AvgIpc) is 2.29. The van der Waals surface area contributed by atoms with E-state index in [9.17, 15) is 9.59 Å². The molecule has 6 heteroatoms. The van der Waals surface area contributed by atoms with Crippen molar-refractivity contribution in [1.29, 1.82) is 0 Å². The highest BCUT2D eigenvalue weighted by atomic mass is 16.5. The van der Waals surface area contributed by atoms with Gasteiger partial charge >= 0.3 is 0 Å². The smallest absolute Gasteiger partial charge is 0.246 e. The molecule has 1 aliphatic heterocycles. The van der Waals surface area contributed by atoms with E-state index < -0.39 is 6.04 Å². The molecule has 1 unspecified atom stereocenters. The third kappa shape index (κ3) is 4.32. The molecule has 0 aromatic carbocycles. The number of piperidine rings is 1. The van der Waals surface area contributed by atoms with Crippen LogP contribution in [0.25, 0.3) is 0 Å². The van der Waals surface area contributed by atoms with Gasteiger partial charge in [-0.3, -0.25) is 9.59 Å². The fourth-order valence-corrected chi connectivity index (χ4v) is 1.93. The SMILES string of the molecule is COCC(=O)NC1CCN(C(=O)C(C)N)CC1. The number of hydrogen-bond donors (Lipinski definition) is 2. The zero-order chi connectivity index (χ0) is 12.8. The molecule has 98 valence electrons. The Morgan fingerprint density at radius 2 is 2.06 bits per heavy atom. The Bertz CT molecular complexity index is 273. The first-order chi connectivity index (χ1) is 8.04. The van der Waals surface area contributed by atoms with Gasteiger partial charge in [0, 0.05) is 26.2 Å². The zero-order valence-electron chi connectivity index (χ0n) is 10.4. The molecule has 0 saturated carbocycles. The van der Waals surface area contributed by atoms with Crippen LogP contribution >= 0.6 is 0 Å². The molecule has 1 heterocycles. The van der Waals surface area contributed by atoms with Crippen LogP contribution in [0.1, 0.15) is 19.8 Å². The number of nitrogens with two attached hydrogens (primary N) is 1. The Morgan fingerprint density at radius 3 is 2.53 bits per heavy atom. The number of nitrogens with one attached hydrogen (secondary N) is 1. The molecule has 3 N–H and O–H groups in total. The van der Waals surface area contributed by atoms with Gasteiger partial charge in [-0.05, 0) is 19.8 Å². The van der Waals surface area contributed by atoms with Gasteiger partial charge in [-0.15, -0.1) is 0 Å². The molecular weight excluding hydrogens is 222 g/mol. The molecular formula is C11H21N3O3. The molecule has 1 saturated heterocycles. The normalized spacial score (nSPS) is 18.9. The summed E-state index contributed by atoms with van der Waals surface area (Å²) in [6.45, 7) is 3.07. The molecule has 17 heavy (non-hydrogen) atoms. The number of rotatable bonds is 4. The van der Waals surface area contributed by atoms with Gasteiger partial charge in [-0.1, -0.05) is 0 Å². The standard InChI is InChI=1S/C11H21N3O3/c1-8(12)11(16)14-5-3-9(4-6-14)13-10(15)7-17-2/h8-9H,3-7,12H2,1-2H3,(H,13,15). The van der Waals surface area contributed by atoms with Crippen LogP contribution < -0.4 is 11.1 Å². The summed E-state index contributed by atoms with van der Waals surface area (Å²) >= 11 is 0. The molecule has 0 spiro atoms. The first kappa shape index (κ1) is 13.9. The summed E-state index contributed by atoms with van der Waals surface area (Å²) in [5.74, 6) is -0.129. The Hall–Kier alpha value is -1.14. The molecule has 2 amide bonds. The van der Waals surface area contributed by atoms with Crippen molar-refractivity contribution in [2.24, 2.45) is 5.73 Å². The fourth-order valence-electron chi connectivity index (χ4n) is 1.93. The van der Waals surface area contributed by atoms with Crippen LogP contribution in [0, 0.1) is 0 Å². The van der Waals surface area contributed by atoms with E-state index in [0.717, 1.165) is 12.8 Å². The summed E-state index contributed by atoms with van der Waals surface area (Å²) in [6, 6.07) is -0.315. The van der Waals surface area contributed by atoms with Gasteiger partial charge in [0.1, 0.15) is 6.61 Å². The van der Waals surface area contributed by atoms with Gasteiger partial charge < -0.3 is 20.7 Å². The fraction of sp³-hybridized carbons (Fsp3) is 0.818. The Labute approximate surface area is 101 Å². The minimum atomic E-state index is -0.449. The van der Waals surface area contributed by atoms with Crippen molar-refractivity contribution >= 4 is 11.8 Å². The number of hydrogen-bond acceptors (Lipinski definition) is 4. The average molecular weight is 243 g/mol. The highest BCUT2D eigenvalue weighted by Gasteiger charge is 2.25. The van der Waals surface area contributed by atoms with Gasteiger partial charge in [-0.2, -0.15) is 0 Å². The van der Waals surface area contributed by atoms with Crippen molar-refractivity contribution in [3.05, 3.63) is 0 Å². The van der Waals surface area contributed by atoms with E-state index in [-0.39, 0.29) is 24.5 Å². The predicted molar refractivity (Wildman–Crippen MR) is 63.3 cm³/mol. The molecule has 0 radical (unpaired) electrons. The number of carbonyl (C=O) groups excluding carboxylic acids is 2. The summed E-state index contributed by atoms with van der Waals surface area (Å²) in [5.41, 5.74) is 5.54. The van der Waals surface area contributed by atoms with Crippen molar-refractivity contribution in [3.63, 3.8) is 0 Å². The largest absolute Gasteiger partial charge is 0.375 e. The van der Waals surface area contributed by atoms with Crippen LogP contribution in [0.15, 0.2) is 0 Å². The molecule has 0 bridgehead atoms. The topological polar surface area (TPSA) is 84.7 Å². The number of ether oxygens (including phenoxy) is 1. The Balaban J connectivity index is 2.31. The number of amides is 2. The quantitative estimate of drug-likeness (QED) is 0.669. The Kier molecular flexibility index (Phi) is 5.37. The number of carbonyl (C=O) groups is 2. The van der Waals surface area contributed by atoms with Crippen LogP contribution in [-0.4, -0.2) is 55.6 Å². The van der Waals surface area contributed by atoms with Crippen LogP contribution in [-0.2, 0) is 14.3 Å². The minimum absolute atomic E-state index is 0.0216.